The maximum Gasteiger partial charge on any atom is 0.328 e. The zero-order valence-corrected chi connectivity index (χ0v) is 9.22. The minimum atomic E-state index is -0.983. The van der Waals surface area contributed by atoms with Gasteiger partial charge in [-0.2, -0.15) is 4.39 Å². The van der Waals surface area contributed by atoms with Gasteiger partial charge in [0.15, 0.2) is 0 Å². The van der Waals surface area contributed by atoms with Crippen molar-refractivity contribution in [3.8, 4) is 0 Å². The fourth-order valence-electron chi connectivity index (χ4n) is 0.532. The molecular formula is C9H17FN2O2. The average Bonchev–Trinajstić information content (AvgIpc) is 2.21. The minimum absolute atomic E-state index is 0.619. The molecule has 0 aliphatic heterocycles. The lowest BCUT2D eigenvalue weighted by atomic mass is 10.6. The zero-order valence-electron chi connectivity index (χ0n) is 9.22. The molecular weight excluding hydrogens is 187 g/mol. The first kappa shape index (κ1) is 15.1. The molecule has 5 heteroatoms. The Morgan fingerprint density at radius 2 is 1.64 bits per heavy atom. The summed E-state index contributed by atoms with van der Waals surface area (Å²) in [6.07, 6.45) is 0.834. The summed E-state index contributed by atoms with van der Waals surface area (Å²) in [6.45, 7) is 8.00. The first-order valence-electron chi connectivity index (χ1n) is 4.56. The van der Waals surface area contributed by atoms with Gasteiger partial charge in [0.1, 0.15) is 0 Å². The molecule has 0 unspecified atom stereocenters. The van der Waals surface area contributed by atoms with Crippen LogP contribution >= 0.6 is 0 Å². The molecule has 1 heterocycles. The van der Waals surface area contributed by atoms with Crippen molar-refractivity contribution in [1.82, 2.24) is 9.55 Å². The van der Waals surface area contributed by atoms with Crippen LogP contribution in [0.5, 0.6) is 0 Å². The van der Waals surface area contributed by atoms with Crippen LogP contribution in [0.25, 0.3) is 0 Å². The second-order valence-electron chi connectivity index (χ2n) is 1.85. The highest BCUT2D eigenvalue weighted by Crippen LogP contribution is 1.78. The van der Waals surface area contributed by atoms with Crippen LogP contribution in [0, 0.1) is 5.82 Å². The number of aryl methyl sites for hydroxylation is 1. The van der Waals surface area contributed by atoms with Gasteiger partial charge in [-0.15, -0.1) is 0 Å². The number of H-pyrrole nitrogens is 1. The Balaban J connectivity index is 0. The van der Waals surface area contributed by atoms with Crippen LogP contribution in [0.2, 0.25) is 0 Å². The SMILES string of the molecule is CC.CC.Cn1cc(F)c(=O)[nH]c1=O. The van der Waals surface area contributed by atoms with Crippen molar-refractivity contribution in [2.24, 2.45) is 7.05 Å². The molecule has 0 aromatic carbocycles. The Morgan fingerprint density at radius 3 is 2.00 bits per heavy atom. The van der Waals surface area contributed by atoms with Crippen molar-refractivity contribution < 1.29 is 4.39 Å². The molecule has 0 saturated carbocycles. The van der Waals surface area contributed by atoms with Crippen molar-refractivity contribution in [2.45, 2.75) is 27.7 Å². The van der Waals surface area contributed by atoms with Crippen molar-refractivity contribution in [3.63, 3.8) is 0 Å². The van der Waals surface area contributed by atoms with E-state index >= 15 is 0 Å². The van der Waals surface area contributed by atoms with Crippen LogP contribution in [0.4, 0.5) is 4.39 Å². The highest BCUT2D eigenvalue weighted by atomic mass is 19.1. The lowest BCUT2D eigenvalue weighted by Crippen LogP contribution is -2.29. The predicted octanol–water partition coefficient (Wildman–Crippen LogP) is 1.27. The third-order valence-corrected chi connectivity index (χ3v) is 1.06. The van der Waals surface area contributed by atoms with Crippen LogP contribution < -0.4 is 11.2 Å². The lowest BCUT2D eigenvalue weighted by Gasteiger charge is -1.92. The zero-order chi connectivity index (χ0) is 11.7. The van der Waals surface area contributed by atoms with Gasteiger partial charge in [0.05, 0.1) is 0 Å². The van der Waals surface area contributed by atoms with Crippen molar-refractivity contribution in [3.05, 3.63) is 32.9 Å². The van der Waals surface area contributed by atoms with Gasteiger partial charge >= 0.3 is 5.69 Å². The van der Waals surface area contributed by atoms with Gasteiger partial charge in [-0.25, -0.2) is 4.79 Å². The molecule has 4 nitrogen and oxygen atoms in total. The quantitative estimate of drug-likeness (QED) is 0.691. The summed E-state index contributed by atoms with van der Waals surface area (Å²) in [4.78, 5) is 22.7. The molecule has 0 amide bonds. The van der Waals surface area contributed by atoms with Gasteiger partial charge in [0, 0.05) is 13.2 Å². The first-order chi connectivity index (χ1) is 6.61. The van der Waals surface area contributed by atoms with E-state index in [2.05, 4.69) is 0 Å². The van der Waals surface area contributed by atoms with E-state index in [0.29, 0.717) is 0 Å². The fraction of sp³-hybridized carbons (Fsp3) is 0.556. The normalized spacial score (nSPS) is 7.86. The molecule has 0 spiro atoms. The number of nitrogens with zero attached hydrogens (tertiary/aromatic N) is 1. The topological polar surface area (TPSA) is 54.9 Å². The molecule has 82 valence electrons. The van der Waals surface area contributed by atoms with Crippen LogP contribution in [-0.4, -0.2) is 9.55 Å². The summed E-state index contributed by atoms with van der Waals surface area (Å²) >= 11 is 0. The van der Waals surface area contributed by atoms with E-state index in [1.165, 1.54) is 7.05 Å². The molecule has 0 aliphatic carbocycles. The van der Waals surface area contributed by atoms with Gasteiger partial charge < -0.3 is 4.57 Å². The number of hydrogen-bond acceptors (Lipinski definition) is 2. The Bertz CT molecular complexity index is 323. The van der Waals surface area contributed by atoms with Crippen molar-refractivity contribution in [1.29, 1.82) is 0 Å². The molecule has 1 aromatic rings. The van der Waals surface area contributed by atoms with Gasteiger partial charge in [0.2, 0.25) is 5.82 Å². The summed E-state index contributed by atoms with van der Waals surface area (Å²) < 4.78 is 13.2. The number of hydrogen-bond donors (Lipinski definition) is 1. The maximum absolute atomic E-state index is 12.3. The van der Waals surface area contributed by atoms with Crippen LogP contribution in [0.3, 0.4) is 0 Å². The van der Waals surface area contributed by atoms with E-state index in [1.54, 1.807) is 4.98 Å². The molecule has 0 radical (unpaired) electrons. The monoisotopic (exact) mass is 204 g/mol. The van der Waals surface area contributed by atoms with Crippen LogP contribution in [0.1, 0.15) is 27.7 Å². The first-order valence-corrected chi connectivity index (χ1v) is 4.56. The van der Waals surface area contributed by atoms with E-state index in [1.807, 2.05) is 27.7 Å². The lowest BCUT2D eigenvalue weighted by molar-refractivity contribution is 0.576. The van der Waals surface area contributed by atoms with Crippen LogP contribution in [-0.2, 0) is 7.05 Å². The van der Waals surface area contributed by atoms with Crippen LogP contribution in [0.15, 0.2) is 15.8 Å². The highest BCUT2D eigenvalue weighted by Gasteiger charge is 1.97. The second kappa shape index (κ2) is 8.22. The highest BCUT2D eigenvalue weighted by molar-refractivity contribution is 4.85. The number of rotatable bonds is 0. The van der Waals surface area contributed by atoms with E-state index in [0.717, 1.165) is 10.8 Å². The Kier molecular flexibility index (Phi) is 8.86. The standard InChI is InChI=1S/C5H5FN2O2.2C2H6/c1-8-2-3(6)4(9)7-5(8)10;2*1-2/h2H,1H3,(H,7,9,10);2*1-2H3. The molecule has 0 atom stereocenters. The molecule has 0 fully saturated rings. The third kappa shape index (κ3) is 4.59. The summed E-state index contributed by atoms with van der Waals surface area (Å²) in [5.41, 5.74) is -1.60. The summed E-state index contributed by atoms with van der Waals surface area (Å²) in [5, 5.41) is 0. The van der Waals surface area contributed by atoms with Gasteiger partial charge in [-0.3, -0.25) is 9.78 Å². The number of aromatic amines is 1. The molecule has 0 saturated heterocycles. The maximum atomic E-state index is 12.3. The molecule has 1 rings (SSSR count). The van der Waals surface area contributed by atoms with Gasteiger partial charge in [0.25, 0.3) is 5.56 Å². The second-order valence-corrected chi connectivity index (χ2v) is 1.85. The Morgan fingerprint density at radius 1 is 1.21 bits per heavy atom. The Hall–Kier alpha value is -1.39. The number of halogens is 1. The third-order valence-electron chi connectivity index (χ3n) is 1.06. The predicted molar refractivity (Wildman–Crippen MR) is 55.0 cm³/mol. The van der Waals surface area contributed by atoms with E-state index in [9.17, 15) is 14.0 Å². The molecule has 0 aliphatic rings. The van der Waals surface area contributed by atoms with Gasteiger partial charge in [-0.1, -0.05) is 27.7 Å². The smallest absolute Gasteiger partial charge is 0.301 e. The fourth-order valence-corrected chi connectivity index (χ4v) is 0.532. The molecule has 0 bridgehead atoms. The van der Waals surface area contributed by atoms with E-state index in [-0.39, 0.29) is 0 Å². The summed E-state index contributed by atoms with van der Waals surface area (Å²) in [6, 6.07) is 0. The summed E-state index contributed by atoms with van der Waals surface area (Å²) in [7, 11) is 1.35. The van der Waals surface area contributed by atoms with Crippen molar-refractivity contribution in [2.75, 3.05) is 0 Å². The molecule has 1 N–H and O–H groups in total. The number of nitrogens with one attached hydrogen (secondary N) is 1. The largest absolute Gasteiger partial charge is 0.328 e. The van der Waals surface area contributed by atoms with E-state index in [4.69, 9.17) is 0 Å². The molecule has 14 heavy (non-hydrogen) atoms. The Labute approximate surface area is 82.4 Å². The minimum Gasteiger partial charge on any atom is -0.301 e. The van der Waals surface area contributed by atoms with Crippen molar-refractivity contribution >= 4 is 0 Å². The van der Waals surface area contributed by atoms with E-state index < -0.39 is 17.1 Å². The number of aromatic nitrogens is 2. The van der Waals surface area contributed by atoms with Gasteiger partial charge in [-0.05, 0) is 0 Å². The molecule has 1 aromatic heterocycles. The summed E-state index contributed by atoms with van der Waals surface area (Å²) in [5.74, 6) is -0.956. The average molecular weight is 204 g/mol.